The van der Waals surface area contributed by atoms with Crippen molar-refractivity contribution in [1.29, 1.82) is 0 Å². The quantitative estimate of drug-likeness (QED) is 0.740. The fourth-order valence-electron chi connectivity index (χ4n) is 2.70. The maximum Gasteiger partial charge on any atom is 0.253 e. The molecule has 0 saturated carbocycles. The number of carbonyl (C=O) groups excluding carboxylic acids is 1. The second-order valence-corrected chi connectivity index (χ2v) is 8.97. The molecule has 1 heterocycles. The van der Waals surface area contributed by atoms with Crippen molar-refractivity contribution in [2.45, 2.75) is 4.90 Å². The highest BCUT2D eigenvalue weighted by atomic mass is 35.5. The molecule has 1 fully saturated rings. The van der Waals surface area contributed by atoms with Gasteiger partial charge in [0.1, 0.15) is 0 Å². The molecule has 2 aromatic carbocycles. The smallest absolute Gasteiger partial charge is 0.253 e. The highest BCUT2D eigenvalue weighted by molar-refractivity contribution is 7.89. The molecule has 0 N–H and O–H groups in total. The van der Waals surface area contributed by atoms with E-state index in [9.17, 15) is 13.2 Å². The normalized spacial score (nSPS) is 15.9. The molecule has 0 radical (unpaired) electrons. The first-order valence-electron chi connectivity index (χ1n) is 7.79. The number of rotatable bonds is 3. The SMILES string of the molecule is O=C(c1ccc(Cl)c(Cl)c1)N1CCN(S(=O)(=O)c2ccc(Cl)cc2)CC1. The van der Waals surface area contributed by atoms with Crippen molar-refractivity contribution in [1.82, 2.24) is 9.21 Å². The Balaban J connectivity index is 1.69. The van der Waals surface area contributed by atoms with Gasteiger partial charge in [0.15, 0.2) is 0 Å². The van der Waals surface area contributed by atoms with Crippen LogP contribution in [-0.4, -0.2) is 49.7 Å². The van der Waals surface area contributed by atoms with Crippen LogP contribution in [0.15, 0.2) is 47.4 Å². The summed E-state index contributed by atoms with van der Waals surface area (Å²) in [6.07, 6.45) is 0. The molecule has 0 spiro atoms. The number of halogens is 3. The van der Waals surface area contributed by atoms with E-state index in [1.807, 2.05) is 0 Å². The number of benzene rings is 2. The van der Waals surface area contributed by atoms with Crippen LogP contribution >= 0.6 is 34.8 Å². The Morgan fingerprint density at radius 3 is 2.04 bits per heavy atom. The highest BCUT2D eigenvalue weighted by Crippen LogP contribution is 2.24. The molecular formula is C17H15Cl3N2O3S. The summed E-state index contributed by atoms with van der Waals surface area (Å²) >= 11 is 17.6. The van der Waals surface area contributed by atoms with Crippen molar-refractivity contribution in [3.05, 3.63) is 63.1 Å². The van der Waals surface area contributed by atoms with Gasteiger partial charge in [-0.1, -0.05) is 34.8 Å². The van der Waals surface area contributed by atoms with Gasteiger partial charge >= 0.3 is 0 Å². The predicted octanol–water partition coefficient (Wildman–Crippen LogP) is 3.79. The van der Waals surface area contributed by atoms with Gasteiger partial charge in [-0.2, -0.15) is 4.31 Å². The molecule has 0 atom stereocenters. The Morgan fingerprint density at radius 1 is 0.846 bits per heavy atom. The summed E-state index contributed by atoms with van der Waals surface area (Å²) in [6, 6.07) is 10.7. The predicted molar refractivity (Wildman–Crippen MR) is 103 cm³/mol. The number of nitrogens with zero attached hydrogens (tertiary/aromatic N) is 2. The molecule has 3 rings (SSSR count). The zero-order chi connectivity index (χ0) is 18.9. The third-order valence-corrected chi connectivity index (χ3v) is 7.05. The first kappa shape index (κ1) is 19.5. The summed E-state index contributed by atoms with van der Waals surface area (Å²) in [7, 11) is -3.61. The van der Waals surface area contributed by atoms with Gasteiger partial charge in [0.2, 0.25) is 10.0 Å². The first-order valence-corrected chi connectivity index (χ1v) is 10.4. The lowest BCUT2D eigenvalue weighted by Crippen LogP contribution is -2.50. The van der Waals surface area contributed by atoms with E-state index in [0.29, 0.717) is 33.7 Å². The lowest BCUT2D eigenvalue weighted by molar-refractivity contribution is 0.0698. The Labute approximate surface area is 167 Å². The molecule has 1 saturated heterocycles. The molecule has 0 bridgehead atoms. The van der Waals surface area contributed by atoms with Crippen LogP contribution in [-0.2, 0) is 10.0 Å². The van der Waals surface area contributed by atoms with E-state index in [0.717, 1.165) is 0 Å². The minimum Gasteiger partial charge on any atom is -0.336 e. The van der Waals surface area contributed by atoms with E-state index in [2.05, 4.69) is 0 Å². The second-order valence-electron chi connectivity index (χ2n) is 5.78. The van der Waals surface area contributed by atoms with Crippen LogP contribution in [0.2, 0.25) is 15.1 Å². The molecule has 5 nitrogen and oxygen atoms in total. The van der Waals surface area contributed by atoms with Crippen LogP contribution in [0.3, 0.4) is 0 Å². The van der Waals surface area contributed by atoms with Crippen molar-refractivity contribution in [2.24, 2.45) is 0 Å². The summed E-state index contributed by atoms with van der Waals surface area (Å²) in [4.78, 5) is 14.4. The van der Waals surface area contributed by atoms with E-state index in [1.54, 1.807) is 29.2 Å². The zero-order valence-electron chi connectivity index (χ0n) is 13.5. The van der Waals surface area contributed by atoms with E-state index in [4.69, 9.17) is 34.8 Å². The lowest BCUT2D eigenvalue weighted by Gasteiger charge is -2.34. The fraction of sp³-hybridized carbons (Fsp3) is 0.235. The van der Waals surface area contributed by atoms with Crippen LogP contribution in [0.1, 0.15) is 10.4 Å². The van der Waals surface area contributed by atoms with E-state index in [1.165, 1.54) is 22.5 Å². The van der Waals surface area contributed by atoms with Crippen molar-refractivity contribution in [3.8, 4) is 0 Å². The molecule has 0 aliphatic carbocycles. The van der Waals surface area contributed by atoms with Gasteiger partial charge in [0, 0.05) is 36.8 Å². The molecule has 1 aliphatic rings. The van der Waals surface area contributed by atoms with E-state index in [-0.39, 0.29) is 23.9 Å². The fourth-order valence-corrected chi connectivity index (χ4v) is 4.55. The Hall–Kier alpha value is -1.31. The number of piperazine rings is 1. The second kappa shape index (κ2) is 7.74. The maximum absolute atomic E-state index is 12.7. The zero-order valence-corrected chi connectivity index (χ0v) is 16.6. The van der Waals surface area contributed by atoms with E-state index >= 15 is 0 Å². The summed E-state index contributed by atoms with van der Waals surface area (Å²) in [5.74, 6) is -0.202. The Kier molecular flexibility index (Phi) is 5.79. The van der Waals surface area contributed by atoms with Gasteiger partial charge in [0.25, 0.3) is 5.91 Å². The average Bonchev–Trinajstić information content (AvgIpc) is 2.64. The maximum atomic E-state index is 12.7. The molecule has 0 unspecified atom stereocenters. The molecule has 0 aromatic heterocycles. The third kappa shape index (κ3) is 4.00. The topological polar surface area (TPSA) is 57.7 Å². The average molecular weight is 434 g/mol. The van der Waals surface area contributed by atoms with Crippen molar-refractivity contribution in [2.75, 3.05) is 26.2 Å². The number of hydrogen-bond donors (Lipinski definition) is 0. The first-order chi connectivity index (χ1) is 12.3. The number of hydrogen-bond acceptors (Lipinski definition) is 3. The van der Waals surface area contributed by atoms with Gasteiger partial charge in [-0.15, -0.1) is 0 Å². The van der Waals surface area contributed by atoms with Crippen LogP contribution in [0.5, 0.6) is 0 Å². The molecule has 2 aromatic rings. The van der Waals surface area contributed by atoms with Gasteiger partial charge < -0.3 is 4.90 Å². The molecule has 138 valence electrons. The largest absolute Gasteiger partial charge is 0.336 e. The molecule has 1 aliphatic heterocycles. The van der Waals surface area contributed by atoms with E-state index < -0.39 is 10.0 Å². The molecule has 1 amide bonds. The minimum atomic E-state index is -3.61. The van der Waals surface area contributed by atoms with Crippen molar-refractivity contribution < 1.29 is 13.2 Å². The highest BCUT2D eigenvalue weighted by Gasteiger charge is 2.30. The molecule has 26 heavy (non-hydrogen) atoms. The monoisotopic (exact) mass is 432 g/mol. The van der Waals surface area contributed by atoms with Crippen LogP contribution in [0, 0.1) is 0 Å². The Morgan fingerprint density at radius 2 is 1.46 bits per heavy atom. The summed E-state index contributed by atoms with van der Waals surface area (Å²) in [5.41, 5.74) is 0.424. The van der Waals surface area contributed by atoms with Crippen LogP contribution < -0.4 is 0 Å². The van der Waals surface area contributed by atoms with Crippen molar-refractivity contribution >= 4 is 50.7 Å². The lowest BCUT2D eigenvalue weighted by atomic mass is 10.2. The molecular weight excluding hydrogens is 419 g/mol. The third-order valence-electron chi connectivity index (χ3n) is 4.14. The van der Waals surface area contributed by atoms with Crippen LogP contribution in [0.25, 0.3) is 0 Å². The standard InChI is InChI=1S/C17H15Cl3N2O3S/c18-13-2-4-14(5-3-13)26(24,25)22-9-7-21(8-10-22)17(23)12-1-6-15(19)16(20)11-12/h1-6,11H,7-10H2. The number of sulfonamides is 1. The van der Waals surface area contributed by atoms with Crippen LogP contribution in [0.4, 0.5) is 0 Å². The number of carbonyl (C=O) groups is 1. The molecule has 9 heteroatoms. The summed E-state index contributed by atoms with van der Waals surface area (Å²) in [6.45, 7) is 1.04. The van der Waals surface area contributed by atoms with Gasteiger partial charge in [-0.3, -0.25) is 4.79 Å². The van der Waals surface area contributed by atoms with Crippen molar-refractivity contribution in [3.63, 3.8) is 0 Å². The van der Waals surface area contributed by atoms with Gasteiger partial charge in [0.05, 0.1) is 14.9 Å². The summed E-state index contributed by atoms with van der Waals surface area (Å²) in [5, 5.41) is 1.16. The minimum absolute atomic E-state index is 0.186. The number of amides is 1. The van der Waals surface area contributed by atoms with Gasteiger partial charge in [-0.25, -0.2) is 8.42 Å². The van der Waals surface area contributed by atoms with Gasteiger partial charge in [-0.05, 0) is 42.5 Å². The summed E-state index contributed by atoms with van der Waals surface area (Å²) < 4.78 is 26.7. The Bertz CT molecular complexity index is 925.